The van der Waals surface area contributed by atoms with Crippen LogP contribution in [-0.2, 0) is 0 Å². The Morgan fingerprint density at radius 1 is 0.500 bits per heavy atom. The fourth-order valence-corrected chi connectivity index (χ4v) is 9.40. The third-order valence-corrected chi connectivity index (χ3v) is 12.4. The molecule has 2 unspecified atom stereocenters. The van der Waals surface area contributed by atoms with E-state index < -0.39 is 0 Å². The lowest BCUT2D eigenvalue weighted by atomic mass is 9.91. The quantitative estimate of drug-likeness (QED) is 0.175. The number of rotatable bonds is 7. The number of allylic oxidation sites excluding steroid dienone is 2. The maximum absolute atomic E-state index is 6.92. The highest BCUT2D eigenvalue weighted by atomic mass is 16.5. The number of benzene rings is 8. The van der Waals surface area contributed by atoms with Crippen LogP contribution in [0.15, 0.2) is 222 Å². The zero-order valence-electron chi connectivity index (χ0n) is 33.8. The van der Waals surface area contributed by atoms with Gasteiger partial charge in [-0.3, -0.25) is 0 Å². The van der Waals surface area contributed by atoms with E-state index in [4.69, 9.17) is 14.7 Å². The van der Waals surface area contributed by atoms with Crippen LogP contribution in [-0.4, -0.2) is 22.3 Å². The average molecular weight is 797 g/mol. The zero-order chi connectivity index (χ0) is 41.0. The standard InChI is InChI=1S/C57H40N4O/c1-5-15-37(16-6-1)41-23-13-24-44(33-41)56-58-55(40-21-11-4-12-22-40)59-57(60-56)48-25-14-26-52-54(48)47-31-29-45(36-53(47)62-52)61-50-32-28-42(38-17-7-2-8-18-38)34-49(50)46-30-27-43(35-51(46)61)39-19-9-3-10-20-39/h1-35,53,56H,36H2,(H,58,59,60). The molecule has 3 aliphatic rings. The molecule has 2 atom stereocenters. The summed E-state index contributed by atoms with van der Waals surface area (Å²) in [6, 6.07) is 70.8. The van der Waals surface area contributed by atoms with Gasteiger partial charge in [0.1, 0.15) is 23.9 Å². The molecule has 5 heteroatoms. The Morgan fingerprint density at radius 2 is 1.11 bits per heavy atom. The van der Waals surface area contributed by atoms with Gasteiger partial charge in [-0.15, -0.1) is 0 Å². The van der Waals surface area contributed by atoms with Crippen molar-refractivity contribution in [3.8, 4) is 39.1 Å². The number of aliphatic imine (C=N–C) groups is 2. The van der Waals surface area contributed by atoms with Gasteiger partial charge in [-0.1, -0.05) is 176 Å². The van der Waals surface area contributed by atoms with Crippen molar-refractivity contribution >= 4 is 44.7 Å². The van der Waals surface area contributed by atoms with Gasteiger partial charge in [0.05, 0.1) is 11.0 Å². The molecule has 294 valence electrons. The van der Waals surface area contributed by atoms with Crippen LogP contribution in [0.25, 0.3) is 66.5 Å². The molecule has 2 aliphatic heterocycles. The van der Waals surface area contributed by atoms with Crippen LogP contribution in [0, 0.1) is 0 Å². The highest BCUT2D eigenvalue weighted by molar-refractivity contribution is 6.16. The number of amidine groups is 2. The smallest absolute Gasteiger partial charge is 0.159 e. The molecule has 3 heterocycles. The fourth-order valence-electron chi connectivity index (χ4n) is 9.40. The summed E-state index contributed by atoms with van der Waals surface area (Å²) in [6.45, 7) is 0. The van der Waals surface area contributed by atoms with Crippen molar-refractivity contribution in [1.82, 2.24) is 9.88 Å². The lowest BCUT2D eigenvalue weighted by molar-refractivity contribution is 0.280. The SMILES string of the molecule is C1=C2c3c(cccc3C3=NC(c4ccccc4)=NC(c4cccc(-c5ccccc5)c4)N3)OC2CC(n2c3ccc(-c4ccccc4)cc3c3ccc(-c4ccccc4)cc32)=C1. The fraction of sp³-hybridized carbons (Fsp3) is 0.0526. The van der Waals surface area contributed by atoms with E-state index in [0.717, 1.165) is 45.0 Å². The molecule has 0 spiro atoms. The topological polar surface area (TPSA) is 50.9 Å². The Kier molecular flexibility index (Phi) is 8.63. The molecule has 12 rings (SSSR count). The van der Waals surface area contributed by atoms with Crippen molar-refractivity contribution < 1.29 is 4.74 Å². The third kappa shape index (κ3) is 6.25. The molecule has 1 aliphatic carbocycles. The van der Waals surface area contributed by atoms with E-state index in [1.165, 1.54) is 55.3 Å². The molecule has 0 fully saturated rings. The number of hydrogen-bond donors (Lipinski definition) is 1. The normalized spacial score (nSPS) is 16.6. The Morgan fingerprint density at radius 3 is 1.82 bits per heavy atom. The summed E-state index contributed by atoms with van der Waals surface area (Å²) in [6.07, 6.45) is 4.77. The summed E-state index contributed by atoms with van der Waals surface area (Å²) >= 11 is 0. The first-order valence-electron chi connectivity index (χ1n) is 21.3. The summed E-state index contributed by atoms with van der Waals surface area (Å²) in [7, 11) is 0. The Balaban J connectivity index is 0.962. The lowest BCUT2D eigenvalue weighted by Crippen LogP contribution is -2.34. The first kappa shape index (κ1) is 35.9. The van der Waals surface area contributed by atoms with Crippen LogP contribution in [0.3, 0.4) is 0 Å². The summed E-state index contributed by atoms with van der Waals surface area (Å²) in [4.78, 5) is 10.4. The van der Waals surface area contributed by atoms with Gasteiger partial charge in [0.15, 0.2) is 5.84 Å². The lowest BCUT2D eigenvalue weighted by Gasteiger charge is -2.25. The van der Waals surface area contributed by atoms with E-state index in [1.54, 1.807) is 0 Å². The van der Waals surface area contributed by atoms with Crippen LogP contribution >= 0.6 is 0 Å². The van der Waals surface area contributed by atoms with Crippen molar-refractivity contribution in [1.29, 1.82) is 0 Å². The first-order chi connectivity index (χ1) is 30.7. The number of aromatic nitrogens is 1. The summed E-state index contributed by atoms with van der Waals surface area (Å²) < 4.78 is 9.37. The molecule has 0 bridgehead atoms. The average Bonchev–Trinajstić information content (AvgIpc) is 3.89. The van der Waals surface area contributed by atoms with Crippen LogP contribution < -0.4 is 10.1 Å². The number of nitrogens with one attached hydrogen (secondary N) is 1. The Bertz CT molecular complexity index is 3310. The Labute approximate surface area is 360 Å². The highest BCUT2D eigenvalue weighted by Crippen LogP contribution is 2.47. The minimum absolute atomic E-state index is 0.163. The van der Waals surface area contributed by atoms with Crippen LogP contribution in [0.2, 0.25) is 0 Å². The first-order valence-corrected chi connectivity index (χ1v) is 21.3. The minimum Gasteiger partial charge on any atom is -0.485 e. The molecule has 1 N–H and O–H groups in total. The van der Waals surface area contributed by atoms with Crippen molar-refractivity contribution in [2.24, 2.45) is 9.98 Å². The highest BCUT2D eigenvalue weighted by Gasteiger charge is 2.36. The van der Waals surface area contributed by atoms with Gasteiger partial charge < -0.3 is 14.6 Å². The molecule has 8 aromatic carbocycles. The van der Waals surface area contributed by atoms with E-state index in [-0.39, 0.29) is 12.3 Å². The molecule has 5 nitrogen and oxygen atoms in total. The second-order valence-corrected chi connectivity index (χ2v) is 16.1. The van der Waals surface area contributed by atoms with E-state index in [2.05, 4.69) is 198 Å². The summed E-state index contributed by atoms with van der Waals surface area (Å²) in [5.41, 5.74) is 15.9. The minimum atomic E-state index is -0.347. The maximum Gasteiger partial charge on any atom is 0.159 e. The van der Waals surface area contributed by atoms with Gasteiger partial charge in [0.2, 0.25) is 0 Å². The van der Waals surface area contributed by atoms with Crippen molar-refractivity contribution in [2.75, 3.05) is 0 Å². The zero-order valence-corrected chi connectivity index (χ0v) is 33.8. The van der Waals surface area contributed by atoms with Crippen LogP contribution in [0.4, 0.5) is 0 Å². The van der Waals surface area contributed by atoms with Crippen molar-refractivity contribution in [2.45, 2.75) is 18.7 Å². The molecule has 0 saturated carbocycles. The summed E-state index contributed by atoms with van der Waals surface area (Å²) in [5.74, 6) is 2.33. The molecule has 1 aromatic heterocycles. The van der Waals surface area contributed by atoms with E-state index in [1.807, 2.05) is 24.3 Å². The van der Waals surface area contributed by atoms with E-state index >= 15 is 0 Å². The molecule has 9 aromatic rings. The van der Waals surface area contributed by atoms with Gasteiger partial charge in [0, 0.05) is 45.2 Å². The van der Waals surface area contributed by atoms with Crippen molar-refractivity contribution in [3.63, 3.8) is 0 Å². The van der Waals surface area contributed by atoms with Crippen LogP contribution in [0.1, 0.15) is 34.8 Å². The van der Waals surface area contributed by atoms with Crippen molar-refractivity contribution in [3.05, 3.63) is 235 Å². The van der Waals surface area contributed by atoms with Gasteiger partial charge in [-0.25, -0.2) is 9.98 Å². The second-order valence-electron chi connectivity index (χ2n) is 16.1. The second kappa shape index (κ2) is 14.9. The van der Waals surface area contributed by atoms with Crippen LogP contribution in [0.5, 0.6) is 5.75 Å². The number of nitrogens with zero attached hydrogens (tertiary/aromatic N) is 3. The monoisotopic (exact) mass is 796 g/mol. The molecule has 0 saturated heterocycles. The van der Waals surface area contributed by atoms with Gasteiger partial charge >= 0.3 is 0 Å². The molecular formula is C57H40N4O. The molecule has 62 heavy (non-hydrogen) atoms. The number of ether oxygens (including phenoxy) is 1. The Hall–Kier alpha value is -8.02. The van der Waals surface area contributed by atoms with E-state index in [0.29, 0.717) is 12.3 Å². The molecule has 0 radical (unpaired) electrons. The third-order valence-electron chi connectivity index (χ3n) is 12.4. The summed E-state index contributed by atoms with van der Waals surface area (Å²) in [5, 5.41) is 6.22. The molecular weight excluding hydrogens is 757 g/mol. The number of hydrogen-bond acceptors (Lipinski definition) is 4. The molecule has 0 amide bonds. The maximum atomic E-state index is 6.92. The van der Waals surface area contributed by atoms with Gasteiger partial charge in [0.25, 0.3) is 0 Å². The number of fused-ring (bicyclic) bond motifs is 6. The van der Waals surface area contributed by atoms with Gasteiger partial charge in [-0.05, 0) is 75.4 Å². The predicted octanol–water partition coefficient (Wildman–Crippen LogP) is 13.4. The largest absolute Gasteiger partial charge is 0.485 e. The van der Waals surface area contributed by atoms with E-state index in [9.17, 15) is 0 Å². The predicted molar refractivity (Wildman–Crippen MR) is 255 cm³/mol. The van der Waals surface area contributed by atoms with Gasteiger partial charge in [-0.2, -0.15) is 0 Å².